The summed E-state index contributed by atoms with van der Waals surface area (Å²) in [5, 5.41) is 6.45. The van der Waals surface area contributed by atoms with Crippen LogP contribution in [0.15, 0.2) is 79.0 Å². The van der Waals surface area contributed by atoms with Gasteiger partial charge in [-0.1, -0.05) is 60.7 Å². The normalized spacial score (nSPS) is 12.4. The van der Waals surface area contributed by atoms with Gasteiger partial charge >= 0.3 is 0 Å². The number of amides is 1. The molecular formula is C21H16N2O. The van der Waals surface area contributed by atoms with Crippen molar-refractivity contribution in [2.75, 3.05) is 0 Å². The summed E-state index contributed by atoms with van der Waals surface area (Å²) in [4.78, 5) is 15.4. The van der Waals surface area contributed by atoms with E-state index in [1.807, 2.05) is 48.7 Å². The molecule has 0 fully saturated rings. The number of nitrogens with zero attached hydrogens (tertiary/aromatic N) is 1. The molecule has 0 spiro atoms. The first-order valence-corrected chi connectivity index (χ1v) is 7.91. The second-order valence-corrected chi connectivity index (χ2v) is 5.70. The van der Waals surface area contributed by atoms with Gasteiger partial charge < -0.3 is 5.32 Å². The van der Waals surface area contributed by atoms with E-state index in [0.29, 0.717) is 6.54 Å². The number of para-hydroxylation sites is 1. The number of carbonyl (C=O) groups excluding carboxylic acids is 1. The molecule has 0 bridgehead atoms. The summed E-state index contributed by atoms with van der Waals surface area (Å²) < 4.78 is 0. The first-order chi connectivity index (χ1) is 11.8. The fraction of sp³-hybridized carbons (Fsp3) is 0.0476. The Morgan fingerprint density at radius 3 is 2.38 bits per heavy atom. The molecule has 24 heavy (non-hydrogen) atoms. The van der Waals surface area contributed by atoms with E-state index in [4.69, 9.17) is 0 Å². The highest BCUT2D eigenvalue weighted by atomic mass is 16.1. The van der Waals surface area contributed by atoms with Crippen LogP contribution in [0.2, 0.25) is 0 Å². The molecule has 116 valence electrons. The quantitative estimate of drug-likeness (QED) is 0.491. The third-order valence-electron chi connectivity index (χ3n) is 4.20. The van der Waals surface area contributed by atoms with Crippen LogP contribution >= 0.6 is 0 Å². The lowest BCUT2D eigenvalue weighted by molar-refractivity contribution is 0.0966. The topological polar surface area (TPSA) is 42.0 Å². The van der Waals surface area contributed by atoms with Gasteiger partial charge in [0, 0.05) is 29.1 Å². The van der Waals surface area contributed by atoms with E-state index in [1.165, 1.54) is 16.2 Å². The molecule has 2 heterocycles. The standard InChI is InChI=1S/C13H9N.C8H7NO/c1-2-6-11-10(5-1)9-14-13-8-4-3-7-12(11)13;10-8-7-4-2-1-3-6(7)5-9-8/h1-9H;1-4H,5H2,(H,9,10). The van der Waals surface area contributed by atoms with Crippen molar-refractivity contribution in [1.29, 1.82) is 0 Å². The number of benzene rings is 3. The molecule has 3 heteroatoms. The van der Waals surface area contributed by atoms with Gasteiger partial charge in [-0.25, -0.2) is 0 Å². The van der Waals surface area contributed by atoms with Crippen LogP contribution in [-0.4, -0.2) is 10.9 Å². The first kappa shape index (κ1) is 14.4. The first-order valence-electron chi connectivity index (χ1n) is 7.91. The second kappa shape index (κ2) is 6.13. The molecule has 1 aromatic heterocycles. The minimum absolute atomic E-state index is 0.0515. The number of nitrogens with one attached hydrogen (secondary N) is 1. The molecule has 1 aliphatic heterocycles. The van der Waals surface area contributed by atoms with E-state index in [9.17, 15) is 4.79 Å². The number of hydrogen-bond donors (Lipinski definition) is 1. The van der Waals surface area contributed by atoms with Gasteiger partial charge in [0.15, 0.2) is 0 Å². The Kier molecular flexibility index (Phi) is 3.67. The Morgan fingerprint density at radius 2 is 1.50 bits per heavy atom. The molecule has 0 aliphatic carbocycles. The number of carbonyl (C=O) groups is 1. The number of hydrogen-bond acceptors (Lipinski definition) is 2. The summed E-state index contributed by atoms with van der Waals surface area (Å²) in [7, 11) is 0. The van der Waals surface area contributed by atoms with Crippen LogP contribution in [0.5, 0.6) is 0 Å². The van der Waals surface area contributed by atoms with Crippen molar-refractivity contribution in [3.8, 4) is 0 Å². The smallest absolute Gasteiger partial charge is 0.251 e. The monoisotopic (exact) mass is 312 g/mol. The van der Waals surface area contributed by atoms with Crippen molar-refractivity contribution in [2.45, 2.75) is 6.54 Å². The molecule has 0 saturated heterocycles. The zero-order chi connectivity index (χ0) is 16.4. The third kappa shape index (κ3) is 2.61. The highest BCUT2D eigenvalue weighted by molar-refractivity contribution is 6.05. The summed E-state index contributed by atoms with van der Waals surface area (Å²) in [6.07, 6.45) is 1.93. The minimum atomic E-state index is 0.0515. The zero-order valence-electron chi connectivity index (χ0n) is 13.1. The van der Waals surface area contributed by atoms with Gasteiger partial charge in [-0.3, -0.25) is 9.78 Å². The maximum Gasteiger partial charge on any atom is 0.251 e. The summed E-state index contributed by atoms with van der Waals surface area (Å²) in [6, 6.07) is 24.2. The molecule has 0 radical (unpaired) electrons. The van der Waals surface area contributed by atoms with E-state index in [1.54, 1.807) is 0 Å². The molecule has 0 unspecified atom stereocenters. The number of fused-ring (bicyclic) bond motifs is 4. The zero-order valence-corrected chi connectivity index (χ0v) is 13.1. The molecule has 4 aromatic rings. The second-order valence-electron chi connectivity index (χ2n) is 5.70. The SMILES string of the molecule is O=C1NCc2ccccc21.c1ccc2c(c1)cnc1ccccc12. The van der Waals surface area contributed by atoms with Crippen molar-refractivity contribution in [1.82, 2.24) is 10.3 Å². The lowest BCUT2D eigenvalue weighted by Gasteiger charge is -2.01. The average molecular weight is 312 g/mol. The van der Waals surface area contributed by atoms with Gasteiger partial charge in [-0.05, 0) is 23.1 Å². The number of pyridine rings is 1. The molecule has 3 aromatic carbocycles. The molecule has 5 rings (SSSR count). The predicted octanol–water partition coefficient (Wildman–Crippen LogP) is 4.32. The Morgan fingerprint density at radius 1 is 0.792 bits per heavy atom. The molecule has 0 atom stereocenters. The largest absolute Gasteiger partial charge is 0.348 e. The summed E-state index contributed by atoms with van der Waals surface area (Å²) in [6.45, 7) is 0.689. The van der Waals surface area contributed by atoms with Crippen LogP contribution in [0.1, 0.15) is 15.9 Å². The van der Waals surface area contributed by atoms with Gasteiger partial charge in [0.05, 0.1) is 5.52 Å². The highest BCUT2D eigenvalue weighted by Crippen LogP contribution is 2.22. The molecule has 1 N–H and O–H groups in total. The van der Waals surface area contributed by atoms with E-state index >= 15 is 0 Å². The average Bonchev–Trinajstić information content (AvgIpc) is 3.04. The van der Waals surface area contributed by atoms with Gasteiger partial charge in [-0.15, -0.1) is 0 Å². The van der Waals surface area contributed by atoms with Crippen molar-refractivity contribution in [2.24, 2.45) is 0 Å². The van der Waals surface area contributed by atoms with Crippen LogP contribution in [0.3, 0.4) is 0 Å². The predicted molar refractivity (Wildman–Crippen MR) is 96.9 cm³/mol. The Balaban J connectivity index is 0.000000129. The molecule has 3 nitrogen and oxygen atoms in total. The van der Waals surface area contributed by atoms with E-state index in [-0.39, 0.29) is 5.91 Å². The van der Waals surface area contributed by atoms with Crippen LogP contribution in [0.4, 0.5) is 0 Å². The number of rotatable bonds is 0. The van der Waals surface area contributed by atoms with E-state index < -0.39 is 0 Å². The van der Waals surface area contributed by atoms with Crippen LogP contribution in [-0.2, 0) is 6.54 Å². The van der Waals surface area contributed by atoms with Crippen molar-refractivity contribution >= 4 is 27.6 Å². The van der Waals surface area contributed by atoms with E-state index in [2.05, 4.69) is 40.6 Å². The third-order valence-corrected chi connectivity index (χ3v) is 4.20. The molecular weight excluding hydrogens is 296 g/mol. The Labute approximate surface area is 140 Å². The molecule has 1 amide bonds. The van der Waals surface area contributed by atoms with Crippen molar-refractivity contribution in [3.05, 3.63) is 90.1 Å². The van der Waals surface area contributed by atoms with Gasteiger partial charge in [0.25, 0.3) is 5.91 Å². The lowest BCUT2D eigenvalue weighted by Crippen LogP contribution is -2.12. The maximum absolute atomic E-state index is 11.0. The lowest BCUT2D eigenvalue weighted by atomic mass is 10.1. The molecule has 0 saturated carbocycles. The Hall–Kier alpha value is -3.20. The minimum Gasteiger partial charge on any atom is -0.348 e. The fourth-order valence-electron chi connectivity index (χ4n) is 2.97. The summed E-state index contributed by atoms with van der Waals surface area (Å²) >= 11 is 0. The van der Waals surface area contributed by atoms with Gasteiger partial charge in [-0.2, -0.15) is 0 Å². The van der Waals surface area contributed by atoms with Crippen molar-refractivity contribution in [3.63, 3.8) is 0 Å². The maximum atomic E-state index is 11.0. The van der Waals surface area contributed by atoms with Gasteiger partial charge in [0.1, 0.15) is 0 Å². The van der Waals surface area contributed by atoms with Gasteiger partial charge in [0.2, 0.25) is 0 Å². The highest BCUT2D eigenvalue weighted by Gasteiger charge is 2.16. The number of aromatic nitrogens is 1. The molecule has 1 aliphatic rings. The van der Waals surface area contributed by atoms with Crippen LogP contribution in [0, 0.1) is 0 Å². The van der Waals surface area contributed by atoms with E-state index in [0.717, 1.165) is 16.6 Å². The summed E-state index contributed by atoms with van der Waals surface area (Å²) in [5.74, 6) is 0.0515. The van der Waals surface area contributed by atoms with Crippen LogP contribution < -0.4 is 5.32 Å². The van der Waals surface area contributed by atoms with Crippen LogP contribution in [0.25, 0.3) is 21.7 Å². The van der Waals surface area contributed by atoms with Crippen molar-refractivity contribution < 1.29 is 4.79 Å². The fourth-order valence-corrected chi connectivity index (χ4v) is 2.97. The summed E-state index contributed by atoms with van der Waals surface area (Å²) in [5.41, 5.74) is 2.99. The Bertz CT molecular complexity index is 985.